The molecule has 1 fully saturated rings. The van der Waals surface area contributed by atoms with Crippen molar-refractivity contribution in [3.63, 3.8) is 0 Å². The lowest BCUT2D eigenvalue weighted by Crippen LogP contribution is -2.36. The van der Waals surface area contributed by atoms with Crippen molar-refractivity contribution >= 4 is 17.5 Å². The molecule has 30 heavy (non-hydrogen) atoms. The minimum Gasteiger partial charge on any atom is -0.457 e. The van der Waals surface area contributed by atoms with Gasteiger partial charge >= 0.3 is 0 Å². The summed E-state index contributed by atoms with van der Waals surface area (Å²) in [4.78, 5) is 27.1. The average Bonchev–Trinajstić information content (AvgIpc) is 3.15. The molecule has 1 unspecified atom stereocenters. The third-order valence-electron chi connectivity index (χ3n) is 5.20. The van der Waals surface area contributed by atoms with Crippen molar-refractivity contribution < 1.29 is 14.3 Å². The monoisotopic (exact) mass is 400 g/mol. The number of hydrogen-bond acceptors (Lipinski definition) is 3. The fourth-order valence-corrected chi connectivity index (χ4v) is 3.63. The molecule has 5 heteroatoms. The maximum absolute atomic E-state index is 12.8. The summed E-state index contributed by atoms with van der Waals surface area (Å²) in [6.45, 7) is 2.97. The predicted octanol–water partition coefficient (Wildman–Crippen LogP) is 4.46. The largest absolute Gasteiger partial charge is 0.457 e. The fourth-order valence-electron chi connectivity index (χ4n) is 3.63. The van der Waals surface area contributed by atoms with Gasteiger partial charge in [-0.1, -0.05) is 48.0 Å². The van der Waals surface area contributed by atoms with E-state index in [0.29, 0.717) is 25.3 Å². The molecule has 1 atom stereocenters. The Kier molecular flexibility index (Phi) is 5.80. The Bertz CT molecular complexity index is 1030. The molecule has 1 saturated heterocycles. The Morgan fingerprint density at radius 3 is 2.47 bits per heavy atom. The van der Waals surface area contributed by atoms with E-state index in [1.54, 1.807) is 4.90 Å². The Hall–Kier alpha value is -3.60. The Labute approximate surface area is 176 Å². The third-order valence-corrected chi connectivity index (χ3v) is 5.20. The van der Waals surface area contributed by atoms with Crippen molar-refractivity contribution in [3.05, 3.63) is 90.0 Å². The summed E-state index contributed by atoms with van der Waals surface area (Å²) in [6.07, 6.45) is 0.515. The molecule has 1 heterocycles. The Balaban J connectivity index is 1.36. The molecule has 3 aromatic carbocycles. The molecule has 0 bridgehead atoms. The molecule has 4 rings (SSSR count). The highest BCUT2D eigenvalue weighted by Gasteiger charge is 2.37. The van der Waals surface area contributed by atoms with Gasteiger partial charge in [-0.05, 0) is 55.3 Å². The second-order valence-corrected chi connectivity index (χ2v) is 7.45. The molecule has 1 N–H and O–H groups in total. The number of para-hydroxylation sites is 1. The second kappa shape index (κ2) is 8.82. The van der Waals surface area contributed by atoms with Gasteiger partial charge in [-0.2, -0.15) is 0 Å². The molecule has 0 aromatic heterocycles. The zero-order valence-corrected chi connectivity index (χ0v) is 16.9. The van der Waals surface area contributed by atoms with Crippen LogP contribution < -0.4 is 15.0 Å². The Morgan fingerprint density at radius 1 is 1.00 bits per heavy atom. The van der Waals surface area contributed by atoms with Gasteiger partial charge < -0.3 is 15.0 Å². The fraction of sp³-hybridized carbons (Fsp3) is 0.200. The molecule has 0 aliphatic carbocycles. The van der Waals surface area contributed by atoms with Gasteiger partial charge in [0.05, 0.1) is 0 Å². The van der Waals surface area contributed by atoms with Gasteiger partial charge in [-0.15, -0.1) is 0 Å². The molecular formula is C25H24N2O3. The van der Waals surface area contributed by atoms with Crippen LogP contribution >= 0.6 is 0 Å². The molecule has 152 valence electrons. The van der Waals surface area contributed by atoms with Gasteiger partial charge in [0.1, 0.15) is 17.4 Å². The molecule has 5 nitrogen and oxygen atoms in total. The van der Waals surface area contributed by atoms with Gasteiger partial charge in [0.15, 0.2) is 0 Å². The zero-order valence-electron chi connectivity index (χ0n) is 16.9. The minimum absolute atomic E-state index is 0.159. The lowest BCUT2D eigenvalue weighted by atomic mass is 10.1. The van der Waals surface area contributed by atoms with E-state index in [9.17, 15) is 9.59 Å². The number of amides is 2. The number of hydrogen-bond donors (Lipinski definition) is 1. The van der Waals surface area contributed by atoms with Gasteiger partial charge in [0.25, 0.3) is 0 Å². The van der Waals surface area contributed by atoms with Crippen LogP contribution in [0.2, 0.25) is 0 Å². The van der Waals surface area contributed by atoms with Crippen LogP contribution in [0.3, 0.4) is 0 Å². The van der Waals surface area contributed by atoms with Crippen molar-refractivity contribution in [3.8, 4) is 11.5 Å². The topological polar surface area (TPSA) is 58.6 Å². The lowest BCUT2D eigenvalue weighted by Gasteiger charge is -2.17. The van der Waals surface area contributed by atoms with Crippen molar-refractivity contribution in [2.75, 3.05) is 11.4 Å². The third kappa shape index (κ3) is 4.51. The molecule has 0 radical (unpaired) electrons. The number of rotatable bonds is 6. The zero-order chi connectivity index (χ0) is 20.9. The van der Waals surface area contributed by atoms with E-state index < -0.39 is 5.92 Å². The molecule has 1 aliphatic heterocycles. The van der Waals surface area contributed by atoms with Gasteiger partial charge in [-0.3, -0.25) is 9.59 Å². The van der Waals surface area contributed by atoms with Crippen LogP contribution in [-0.2, 0) is 16.1 Å². The quantitative estimate of drug-likeness (QED) is 0.622. The molecule has 2 amide bonds. The number of benzene rings is 3. The van der Waals surface area contributed by atoms with E-state index in [4.69, 9.17) is 4.74 Å². The van der Waals surface area contributed by atoms with Crippen LogP contribution in [-0.4, -0.2) is 18.4 Å². The van der Waals surface area contributed by atoms with E-state index in [2.05, 4.69) is 5.32 Å². The van der Waals surface area contributed by atoms with Gasteiger partial charge in [0.2, 0.25) is 11.8 Å². The van der Waals surface area contributed by atoms with E-state index in [1.807, 2.05) is 85.8 Å². The van der Waals surface area contributed by atoms with Crippen molar-refractivity contribution in [1.82, 2.24) is 5.32 Å². The van der Waals surface area contributed by atoms with E-state index in [-0.39, 0.29) is 11.8 Å². The first-order valence-corrected chi connectivity index (χ1v) is 10.1. The van der Waals surface area contributed by atoms with E-state index >= 15 is 0 Å². The van der Waals surface area contributed by atoms with Gasteiger partial charge in [0, 0.05) is 18.8 Å². The first-order valence-electron chi connectivity index (χ1n) is 10.1. The summed E-state index contributed by atoms with van der Waals surface area (Å²) in [5, 5.41) is 2.90. The van der Waals surface area contributed by atoms with Crippen molar-refractivity contribution in [2.45, 2.75) is 19.9 Å². The SMILES string of the molecule is Cc1cccc(CNC(=O)C2CCN(c3ccc(Oc4ccccc4)cc3)C2=O)c1. The number of nitrogens with one attached hydrogen (secondary N) is 1. The summed E-state index contributed by atoms with van der Waals surface area (Å²) in [6, 6.07) is 24.9. The number of carbonyl (C=O) groups excluding carboxylic acids is 2. The number of nitrogens with zero attached hydrogens (tertiary/aromatic N) is 1. The highest BCUT2D eigenvalue weighted by Crippen LogP contribution is 2.28. The van der Waals surface area contributed by atoms with Crippen LogP contribution in [0.25, 0.3) is 0 Å². The van der Waals surface area contributed by atoms with Crippen LogP contribution in [0, 0.1) is 12.8 Å². The first kappa shape index (κ1) is 19.7. The maximum atomic E-state index is 12.8. The van der Waals surface area contributed by atoms with Crippen LogP contribution in [0.4, 0.5) is 5.69 Å². The number of ether oxygens (including phenoxy) is 1. The predicted molar refractivity (Wildman–Crippen MR) is 116 cm³/mol. The van der Waals surface area contributed by atoms with Crippen LogP contribution in [0.1, 0.15) is 17.5 Å². The summed E-state index contributed by atoms with van der Waals surface area (Å²) in [5.41, 5.74) is 2.94. The van der Waals surface area contributed by atoms with Crippen LogP contribution in [0.5, 0.6) is 11.5 Å². The molecule has 0 saturated carbocycles. The normalized spacial score (nSPS) is 15.8. The smallest absolute Gasteiger partial charge is 0.239 e. The van der Waals surface area contributed by atoms with Gasteiger partial charge in [-0.25, -0.2) is 0 Å². The summed E-state index contributed by atoms with van der Waals surface area (Å²) in [5.74, 6) is 0.438. The van der Waals surface area contributed by atoms with Crippen molar-refractivity contribution in [1.29, 1.82) is 0 Å². The second-order valence-electron chi connectivity index (χ2n) is 7.45. The van der Waals surface area contributed by atoms with E-state index in [0.717, 1.165) is 22.6 Å². The lowest BCUT2D eigenvalue weighted by molar-refractivity contribution is -0.132. The standard InChI is InChI=1S/C25H24N2O3/c1-18-6-5-7-19(16-18)17-26-24(28)23-14-15-27(25(23)29)20-10-12-22(13-11-20)30-21-8-3-2-4-9-21/h2-13,16,23H,14-15,17H2,1H3,(H,26,28). The highest BCUT2D eigenvalue weighted by atomic mass is 16.5. The molecule has 0 spiro atoms. The maximum Gasteiger partial charge on any atom is 0.239 e. The molecule has 3 aromatic rings. The highest BCUT2D eigenvalue weighted by molar-refractivity contribution is 6.09. The van der Waals surface area contributed by atoms with Crippen molar-refractivity contribution in [2.24, 2.45) is 5.92 Å². The number of anilines is 1. The average molecular weight is 400 g/mol. The summed E-state index contributed by atoms with van der Waals surface area (Å²) < 4.78 is 5.80. The van der Waals surface area contributed by atoms with Crippen LogP contribution in [0.15, 0.2) is 78.9 Å². The number of aryl methyl sites for hydroxylation is 1. The molecular weight excluding hydrogens is 376 g/mol. The first-order chi connectivity index (χ1) is 14.6. The number of carbonyl (C=O) groups is 2. The summed E-state index contributed by atoms with van der Waals surface area (Å²) in [7, 11) is 0. The summed E-state index contributed by atoms with van der Waals surface area (Å²) >= 11 is 0. The Morgan fingerprint density at radius 2 is 1.73 bits per heavy atom. The molecule has 1 aliphatic rings. The minimum atomic E-state index is -0.643. The van der Waals surface area contributed by atoms with E-state index in [1.165, 1.54) is 0 Å².